The number of nitrogens with one attached hydrogen (secondary N) is 1. The lowest BCUT2D eigenvalue weighted by Gasteiger charge is -2.34. The minimum atomic E-state index is 0.609. The van der Waals surface area contributed by atoms with E-state index < -0.39 is 0 Å². The summed E-state index contributed by atoms with van der Waals surface area (Å²) in [5.74, 6) is 0.723. The zero-order chi connectivity index (χ0) is 12.7. The second kappa shape index (κ2) is 8.08. The summed E-state index contributed by atoms with van der Waals surface area (Å²) in [7, 11) is 2.24. The van der Waals surface area contributed by atoms with Gasteiger partial charge >= 0.3 is 0 Å². The second-order valence-corrected chi connectivity index (χ2v) is 5.42. The summed E-state index contributed by atoms with van der Waals surface area (Å²) in [4.78, 5) is 2.49. The SMILES string of the molecule is CCC(CC)NCC(C)N(C)C(C)C(C)C. The average Bonchev–Trinajstić information content (AvgIpc) is 2.27. The lowest BCUT2D eigenvalue weighted by Crippen LogP contribution is -2.46. The number of rotatable bonds is 8. The third-order valence-electron chi connectivity index (χ3n) is 3.99. The Balaban J connectivity index is 4.00. The Morgan fingerprint density at radius 2 is 1.50 bits per heavy atom. The summed E-state index contributed by atoms with van der Waals surface area (Å²) in [5, 5.41) is 3.65. The Morgan fingerprint density at radius 3 is 1.88 bits per heavy atom. The standard InChI is InChI=1S/C14H32N2/c1-8-14(9-2)15-10-12(5)16(7)13(6)11(3)4/h11-15H,8-10H2,1-7H3. The quantitative estimate of drug-likeness (QED) is 0.686. The molecule has 0 fully saturated rings. The molecule has 0 aromatic carbocycles. The zero-order valence-electron chi connectivity index (χ0n) is 12.4. The fraction of sp³-hybridized carbons (Fsp3) is 1.00. The van der Waals surface area contributed by atoms with E-state index in [9.17, 15) is 0 Å². The Morgan fingerprint density at radius 1 is 1.00 bits per heavy atom. The van der Waals surface area contributed by atoms with Crippen LogP contribution in [0.3, 0.4) is 0 Å². The molecule has 2 heteroatoms. The normalized spacial score (nSPS) is 16.1. The van der Waals surface area contributed by atoms with E-state index >= 15 is 0 Å². The number of hydrogen-bond donors (Lipinski definition) is 1. The van der Waals surface area contributed by atoms with Gasteiger partial charge in [0.2, 0.25) is 0 Å². The van der Waals surface area contributed by atoms with Crippen molar-refractivity contribution in [3.63, 3.8) is 0 Å². The van der Waals surface area contributed by atoms with Gasteiger partial charge in [-0.05, 0) is 39.7 Å². The van der Waals surface area contributed by atoms with E-state index in [1.807, 2.05) is 0 Å². The van der Waals surface area contributed by atoms with Gasteiger partial charge in [-0.1, -0.05) is 27.7 Å². The number of likely N-dealkylation sites (N-methyl/N-ethyl adjacent to an activating group) is 1. The van der Waals surface area contributed by atoms with Gasteiger partial charge < -0.3 is 5.32 Å². The van der Waals surface area contributed by atoms with Crippen LogP contribution in [0.1, 0.15) is 54.4 Å². The first-order valence-corrected chi connectivity index (χ1v) is 6.89. The maximum absolute atomic E-state index is 3.65. The van der Waals surface area contributed by atoms with Crippen LogP contribution in [0.15, 0.2) is 0 Å². The van der Waals surface area contributed by atoms with Crippen LogP contribution in [-0.4, -0.2) is 36.6 Å². The molecule has 0 amide bonds. The van der Waals surface area contributed by atoms with Gasteiger partial charge in [0.05, 0.1) is 0 Å². The summed E-state index contributed by atoms with van der Waals surface area (Å²) in [6.07, 6.45) is 2.46. The maximum atomic E-state index is 3.65. The fourth-order valence-electron chi connectivity index (χ4n) is 1.93. The van der Waals surface area contributed by atoms with Crippen molar-refractivity contribution in [1.29, 1.82) is 0 Å². The van der Waals surface area contributed by atoms with Gasteiger partial charge in [0, 0.05) is 24.7 Å². The molecule has 0 spiro atoms. The highest BCUT2D eigenvalue weighted by Gasteiger charge is 2.18. The predicted octanol–water partition coefficient (Wildman–Crippen LogP) is 3.13. The summed E-state index contributed by atoms with van der Waals surface area (Å²) >= 11 is 0. The third-order valence-corrected chi connectivity index (χ3v) is 3.99. The Hall–Kier alpha value is -0.0800. The minimum Gasteiger partial charge on any atom is -0.312 e. The molecular weight excluding hydrogens is 196 g/mol. The van der Waals surface area contributed by atoms with Crippen molar-refractivity contribution in [1.82, 2.24) is 10.2 Å². The zero-order valence-corrected chi connectivity index (χ0v) is 12.4. The van der Waals surface area contributed by atoms with Gasteiger partial charge in [-0.3, -0.25) is 4.90 Å². The molecule has 0 radical (unpaired) electrons. The Kier molecular flexibility index (Phi) is 8.04. The molecule has 98 valence electrons. The first kappa shape index (κ1) is 15.9. The van der Waals surface area contributed by atoms with Crippen LogP contribution in [0.4, 0.5) is 0 Å². The first-order chi connectivity index (χ1) is 7.43. The van der Waals surface area contributed by atoms with E-state index in [0.29, 0.717) is 18.1 Å². The van der Waals surface area contributed by atoms with E-state index in [4.69, 9.17) is 0 Å². The summed E-state index contributed by atoms with van der Waals surface area (Å²) in [6.45, 7) is 14.8. The molecule has 16 heavy (non-hydrogen) atoms. The van der Waals surface area contributed by atoms with Crippen molar-refractivity contribution in [2.45, 2.75) is 72.5 Å². The topological polar surface area (TPSA) is 15.3 Å². The fourth-order valence-corrected chi connectivity index (χ4v) is 1.93. The minimum absolute atomic E-state index is 0.609. The molecule has 1 N–H and O–H groups in total. The second-order valence-electron chi connectivity index (χ2n) is 5.42. The van der Waals surface area contributed by atoms with Crippen molar-refractivity contribution in [3.8, 4) is 0 Å². The summed E-state index contributed by atoms with van der Waals surface area (Å²) in [6, 6.07) is 1.95. The molecule has 0 aromatic heterocycles. The van der Waals surface area contributed by atoms with E-state index in [0.717, 1.165) is 12.5 Å². The van der Waals surface area contributed by atoms with Gasteiger partial charge in [-0.25, -0.2) is 0 Å². The molecule has 0 aromatic rings. The molecule has 2 atom stereocenters. The lowest BCUT2D eigenvalue weighted by atomic mass is 10.0. The van der Waals surface area contributed by atoms with E-state index in [1.165, 1.54) is 12.8 Å². The average molecular weight is 228 g/mol. The maximum Gasteiger partial charge on any atom is 0.0192 e. The monoisotopic (exact) mass is 228 g/mol. The highest BCUT2D eigenvalue weighted by molar-refractivity contribution is 4.75. The molecule has 0 aliphatic carbocycles. The smallest absolute Gasteiger partial charge is 0.0192 e. The molecular formula is C14H32N2. The summed E-state index contributed by atoms with van der Waals surface area (Å²) < 4.78 is 0. The lowest BCUT2D eigenvalue weighted by molar-refractivity contribution is 0.152. The van der Waals surface area contributed by atoms with Crippen LogP contribution in [0, 0.1) is 5.92 Å². The molecule has 0 rings (SSSR count). The van der Waals surface area contributed by atoms with Gasteiger partial charge in [-0.2, -0.15) is 0 Å². The molecule has 0 saturated heterocycles. The summed E-state index contributed by atoms with van der Waals surface area (Å²) in [5.41, 5.74) is 0. The third kappa shape index (κ3) is 5.31. The molecule has 2 unspecified atom stereocenters. The van der Waals surface area contributed by atoms with Crippen LogP contribution >= 0.6 is 0 Å². The van der Waals surface area contributed by atoms with Crippen LogP contribution in [0.25, 0.3) is 0 Å². The van der Waals surface area contributed by atoms with Gasteiger partial charge in [0.1, 0.15) is 0 Å². The van der Waals surface area contributed by atoms with Gasteiger partial charge in [-0.15, -0.1) is 0 Å². The van der Waals surface area contributed by atoms with Crippen LogP contribution < -0.4 is 5.32 Å². The van der Waals surface area contributed by atoms with Gasteiger partial charge in [0.15, 0.2) is 0 Å². The molecule has 0 aliphatic rings. The largest absolute Gasteiger partial charge is 0.312 e. The Bertz CT molecular complexity index is 164. The van der Waals surface area contributed by atoms with E-state index in [1.54, 1.807) is 0 Å². The van der Waals surface area contributed by atoms with Crippen LogP contribution in [-0.2, 0) is 0 Å². The highest BCUT2D eigenvalue weighted by Crippen LogP contribution is 2.11. The first-order valence-electron chi connectivity index (χ1n) is 6.89. The van der Waals surface area contributed by atoms with Crippen molar-refractivity contribution < 1.29 is 0 Å². The van der Waals surface area contributed by atoms with Crippen molar-refractivity contribution in [2.75, 3.05) is 13.6 Å². The van der Waals surface area contributed by atoms with Gasteiger partial charge in [0.25, 0.3) is 0 Å². The molecule has 0 saturated carbocycles. The molecule has 2 nitrogen and oxygen atoms in total. The molecule has 0 aliphatic heterocycles. The van der Waals surface area contributed by atoms with E-state index in [-0.39, 0.29) is 0 Å². The van der Waals surface area contributed by atoms with E-state index in [2.05, 4.69) is 58.8 Å². The van der Waals surface area contributed by atoms with Crippen molar-refractivity contribution >= 4 is 0 Å². The number of hydrogen-bond acceptors (Lipinski definition) is 2. The van der Waals surface area contributed by atoms with Crippen molar-refractivity contribution in [3.05, 3.63) is 0 Å². The number of nitrogens with zero attached hydrogens (tertiary/aromatic N) is 1. The van der Waals surface area contributed by atoms with Crippen LogP contribution in [0.5, 0.6) is 0 Å². The Labute approximate surface area is 103 Å². The van der Waals surface area contributed by atoms with Crippen molar-refractivity contribution in [2.24, 2.45) is 5.92 Å². The predicted molar refractivity (Wildman–Crippen MR) is 73.9 cm³/mol. The highest BCUT2D eigenvalue weighted by atomic mass is 15.2. The van der Waals surface area contributed by atoms with Crippen LogP contribution in [0.2, 0.25) is 0 Å². The molecule has 0 bridgehead atoms. The molecule has 0 heterocycles.